The van der Waals surface area contributed by atoms with E-state index >= 15 is 0 Å². The minimum absolute atomic E-state index is 0. The maximum absolute atomic E-state index is 6.00. The summed E-state index contributed by atoms with van der Waals surface area (Å²) in [6.45, 7) is 4.86. The average Bonchev–Trinajstić information content (AvgIpc) is 3.21. The molecule has 0 aromatic carbocycles. The Balaban J connectivity index is 0.00000176. The molecule has 3 aliphatic rings. The Hall–Kier alpha value is -0.0800. The molecule has 0 amide bonds. The monoisotopic (exact) mass is 423 g/mol. The summed E-state index contributed by atoms with van der Waals surface area (Å²) in [5.41, 5.74) is 0. The zero-order chi connectivity index (χ0) is 14.5. The lowest BCUT2D eigenvalue weighted by molar-refractivity contribution is 0.0129. The molecule has 5 nitrogen and oxygen atoms in total. The fraction of sp³-hybridized carbons (Fsp3) is 0.938. The molecule has 1 saturated carbocycles. The first-order valence-corrected chi connectivity index (χ1v) is 8.54. The van der Waals surface area contributed by atoms with Crippen LogP contribution in [0.15, 0.2) is 4.99 Å². The Morgan fingerprint density at radius 1 is 1.23 bits per heavy atom. The molecule has 2 aliphatic heterocycles. The quantitative estimate of drug-likeness (QED) is 0.419. The van der Waals surface area contributed by atoms with Crippen LogP contribution < -0.4 is 5.32 Å². The van der Waals surface area contributed by atoms with Crippen molar-refractivity contribution in [3.05, 3.63) is 0 Å². The lowest BCUT2D eigenvalue weighted by Gasteiger charge is -2.34. The third-order valence-electron chi connectivity index (χ3n) is 4.73. The van der Waals surface area contributed by atoms with Gasteiger partial charge in [-0.1, -0.05) is 0 Å². The molecule has 1 atom stereocenters. The SMILES string of the molecule is CN=C(NCC1CCCO1)N1CCC(OCC2CC2)CC1.I. The standard InChI is InChI=1S/C16H29N3O2.HI/c1-17-16(18-11-15-3-2-10-20-15)19-8-6-14(7-9-19)21-12-13-4-5-13;/h13-15H,2-12H2,1H3,(H,17,18);1H. The molecule has 0 spiro atoms. The van der Waals surface area contributed by atoms with Crippen molar-refractivity contribution in [2.75, 3.05) is 39.9 Å². The zero-order valence-corrected chi connectivity index (χ0v) is 16.0. The fourth-order valence-corrected chi connectivity index (χ4v) is 3.13. The minimum atomic E-state index is 0. The summed E-state index contributed by atoms with van der Waals surface area (Å²) in [6, 6.07) is 0. The Labute approximate surface area is 151 Å². The largest absolute Gasteiger partial charge is 0.378 e. The molecule has 3 rings (SSSR count). The van der Waals surface area contributed by atoms with E-state index in [2.05, 4.69) is 15.2 Å². The number of likely N-dealkylation sites (tertiary alicyclic amines) is 1. The van der Waals surface area contributed by atoms with Crippen LogP contribution in [0.5, 0.6) is 0 Å². The van der Waals surface area contributed by atoms with Gasteiger partial charge in [-0.2, -0.15) is 0 Å². The topological polar surface area (TPSA) is 46.1 Å². The van der Waals surface area contributed by atoms with Gasteiger partial charge in [0.15, 0.2) is 5.96 Å². The number of aliphatic imine (C=N–C) groups is 1. The molecule has 6 heteroatoms. The van der Waals surface area contributed by atoms with Crippen molar-refractivity contribution in [1.82, 2.24) is 10.2 Å². The first kappa shape index (κ1) is 18.3. The van der Waals surface area contributed by atoms with Gasteiger partial charge < -0.3 is 19.7 Å². The normalized spacial score (nSPS) is 26.9. The molecule has 1 N–H and O–H groups in total. The maximum Gasteiger partial charge on any atom is 0.193 e. The van der Waals surface area contributed by atoms with Crippen LogP contribution in [0.4, 0.5) is 0 Å². The summed E-state index contributed by atoms with van der Waals surface area (Å²) in [6.07, 6.45) is 8.16. The molecule has 3 fully saturated rings. The van der Waals surface area contributed by atoms with E-state index in [0.717, 1.165) is 57.6 Å². The van der Waals surface area contributed by atoms with Crippen LogP contribution in [-0.4, -0.2) is 63.0 Å². The van der Waals surface area contributed by atoms with Crippen LogP contribution in [0, 0.1) is 5.92 Å². The van der Waals surface area contributed by atoms with Gasteiger partial charge in [0.2, 0.25) is 0 Å². The predicted molar refractivity (Wildman–Crippen MR) is 99.0 cm³/mol. The highest BCUT2D eigenvalue weighted by atomic mass is 127. The van der Waals surface area contributed by atoms with Gasteiger partial charge in [0.1, 0.15) is 0 Å². The van der Waals surface area contributed by atoms with Crippen LogP contribution in [0.2, 0.25) is 0 Å². The number of hydrogen-bond acceptors (Lipinski definition) is 3. The smallest absolute Gasteiger partial charge is 0.193 e. The van der Waals surface area contributed by atoms with E-state index in [1.165, 1.54) is 25.7 Å². The van der Waals surface area contributed by atoms with E-state index in [1.54, 1.807) is 0 Å². The van der Waals surface area contributed by atoms with Gasteiger partial charge in [-0.05, 0) is 44.4 Å². The third kappa shape index (κ3) is 5.53. The van der Waals surface area contributed by atoms with Crippen LogP contribution in [-0.2, 0) is 9.47 Å². The van der Waals surface area contributed by atoms with Crippen LogP contribution in [0.3, 0.4) is 0 Å². The molecule has 1 aliphatic carbocycles. The number of piperidine rings is 1. The molecule has 2 heterocycles. The fourth-order valence-electron chi connectivity index (χ4n) is 3.13. The Morgan fingerprint density at radius 3 is 2.59 bits per heavy atom. The zero-order valence-electron chi connectivity index (χ0n) is 13.6. The molecular formula is C16H30IN3O2. The Morgan fingerprint density at radius 2 is 2.00 bits per heavy atom. The van der Waals surface area contributed by atoms with Crippen molar-refractivity contribution >= 4 is 29.9 Å². The molecule has 0 radical (unpaired) electrons. The molecule has 128 valence electrons. The highest BCUT2D eigenvalue weighted by Crippen LogP contribution is 2.30. The number of hydrogen-bond donors (Lipinski definition) is 1. The number of halogens is 1. The molecule has 0 aromatic heterocycles. The number of nitrogens with zero attached hydrogens (tertiary/aromatic N) is 2. The van der Waals surface area contributed by atoms with Gasteiger partial charge in [-0.15, -0.1) is 24.0 Å². The van der Waals surface area contributed by atoms with E-state index in [4.69, 9.17) is 9.47 Å². The van der Waals surface area contributed by atoms with Crippen molar-refractivity contribution in [1.29, 1.82) is 0 Å². The van der Waals surface area contributed by atoms with E-state index in [1.807, 2.05) is 7.05 Å². The van der Waals surface area contributed by atoms with Crippen molar-refractivity contribution in [3.63, 3.8) is 0 Å². The van der Waals surface area contributed by atoms with Crippen LogP contribution in [0.25, 0.3) is 0 Å². The number of nitrogens with one attached hydrogen (secondary N) is 1. The van der Waals surface area contributed by atoms with Crippen molar-refractivity contribution in [3.8, 4) is 0 Å². The van der Waals surface area contributed by atoms with E-state index in [-0.39, 0.29) is 24.0 Å². The van der Waals surface area contributed by atoms with Crippen molar-refractivity contribution in [2.24, 2.45) is 10.9 Å². The summed E-state index contributed by atoms with van der Waals surface area (Å²) in [7, 11) is 1.87. The van der Waals surface area contributed by atoms with Gasteiger partial charge >= 0.3 is 0 Å². The van der Waals surface area contributed by atoms with Gasteiger partial charge in [-0.25, -0.2) is 0 Å². The van der Waals surface area contributed by atoms with Crippen molar-refractivity contribution in [2.45, 2.75) is 50.7 Å². The summed E-state index contributed by atoms with van der Waals surface area (Å²) in [4.78, 5) is 6.77. The second-order valence-corrected chi connectivity index (χ2v) is 6.53. The van der Waals surface area contributed by atoms with E-state index in [9.17, 15) is 0 Å². The lowest BCUT2D eigenvalue weighted by atomic mass is 10.1. The van der Waals surface area contributed by atoms with Gasteiger partial charge in [0.05, 0.1) is 12.2 Å². The second-order valence-electron chi connectivity index (χ2n) is 6.53. The van der Waals surface area contributed by atoms with Gasteiger partial charge in [-0.3, -0.25) is 4.99 Å². The molecular weight excluding hydrogens is 393 g/mol. The summed E-state index contributed by atoms with van der Waals surface area (Å²) in [5, 5.41) is 3.47. The van der Waals surface area contributed by atoms with E-state index < -0.39 is 0 Å². The van der Waals surface area contributed by atoms with E-state index in [0.29, 0.717) is 12.2 Å². The summed E-state index contributed by atoms with van der Waals surface area (Å²) < 4.78 is 11.7. The molecule has 0 bridgehead atoms. The molecule has 1 unspecified atom stereocenters. The van der Waals surface area contributed by atoms with Crippen LogP contribution >= 0.6 is 24.0 Å². The molecule has 22 heavy (non-hydrogen) atoms. The van der Waals surface area contributed by atoms with Crippen LogP contribution in [0.1, 0.15) is 38.5 Å². The number of rotatable bonds is 5. The Kier molecular flexibility index (Phi) is 7.70. The highest BCUT2D eigenvalue weighted by molar-refractivity contribution is 14.0. The van der Waals surface area contributed by atoms with Gasteiger partial charge in [0.25, 0.3) is 0 Å². The number of guanidine groups is 1. The average molecular weight is 423 g/mol. The predicted octanol–water partition coefficient (Wildman–Crippen LogP) is 2.25. The summed E-state index contributed by atoms with van der Waals surface area (Å²) in [5.74, 6) is 1.88. The highest BCUT2D eigenvalue weighted by Gasteiger charge is 2.26. The maximum atomic E-state index is 6.00. The first-order valence-electron chi connectivity index (χ1n) is 8.54. The first-order chi connectivity index (χ1) is 10.3. The molecule has 0 aromatic rings. The third-order valence-corrected chi connectivity index (χ3v) is 4.73. The lowest BCUT2D eigenvalue weighted by Crippen LogP contribution is -2.48. The molecule has 2 saturated heterocycles. The minimum Gasteiger partial charge on any atom is -0.378 e. The van der Waals surface area contributed by atoms with Crippen molar-refractivity contribution < 1.29 is 9.47 Å². The second kappa shape index (κ2) is 9.27. The number of ether oxygens (including phenoxy) is 2. The Bertz CT molecular complexity index is 349. The van der Waals surface area contributed by atoms with Gasteiger partial charge in [0, 0.05) is 39.9 Å². The summed E-state index contributed by atoms with van der Waals surface area (Å²) >= 11 is 0.